The summed E-state index contributed by atoms with van der Waals surface area (Å²) in [6, 6.07) is 11.1. The molecule has 20 heavy (non-hydrogen) atoms. The van der Waals surface area contributed by atoms with Crippen molar-refractivity contribution in [1.29, 1.82) is 0 Å². The standard InChI is InChI=1S/C15H15N3O2/c19-15(20)18-13(11-12-5-2-1-3-6-12)7-8-14-16-9-4-10-17-14/h1-10,13,18H,11H2,(H,19,20)/b8-7+/t13-/m1/s1. The lowest BCUT2D eigenvalue weighted by Crippen LogP contribution is -2.33. The highest BCUT2D eigenvalue weighted by atomic mass is 16.4. The van der Waals surface area contributed by atoms with Crippen LogP contribution in [0.2, 0.25) is 0 Å². The lowest BCUT2D eigenvalue weighted by atomic mass is 10.1. The Hall–Kier alpha value is -2.69. The Morgan fingerprint density at radius 3 is 2.55 bits per heavy atom. The molecule has 1 aromatic heterocycles. The average Bonchev–Trinajstić information content (AvgIpc) is 2.46. The molecule has 0 saturated heterocycles. The quantitative estimate of drug-likeness (QED) is 0.873. The second-order valence-corrected chi connectivity index (χ2v) is 4.21. The minimum Gasteiger partial charge on any atom is -0.465 e. The van der Waals surface area contributed by atoms with Crippen molar-refractivity contribution in [1.82, 2.24) is 15.3 Å². The molecule has 2 aromatic rings. The van der Waals surface area contributed by atoms with Gasteiger partial charge >= 0.3 is 6.09 Å². The van der Waals surface area contributed by atoms with Gasteiger partial charge in [-0.05, 0) is 24.1 Å². The third kappa shape index (κ3) is 4.53. The number of amides is 1. The minimum absolute atomic E-state index is 0.321. The van der Waals surface area contributed by atoms with E-state index >= 15 is 0 Å². The maximum Gasteiger partial charge on any atom is 0.405 e. The number of aromatic nitrogens is 2. The molecule has 0 aliphatic heterocycles. The number of hydrogen-bond acceptors (Lipinski definition) is 3. The number of nitrogens with zero attached hydrogens (tertiary/aromatic N) is 2. The van der Waals surface area contributed by atoms with Crippen LogP contribution in [-0.4, -0.2) is 27.2 Å². The van der Waals surface area contributed by atoms with Crippen molar-refractivity contribution < 1.29 is 9.90 Å². The van der Waals surface area contributed by atoms with E-state index in [-0.39, 0.29) is 6.04 Å². The molecule has 1 heterocycles. The fourth-order valence-corrected chi connectivity index (χ4v) is 1.79. The molecule has 0 aliphatic carbocycles. The predicted octanol–water partition coefficient (Wildman–Crippen LogP) is 2.37. The molecule has 102 valence electrons. The van der Waals surface area contributed by atoms with Gasteiger partial charge in [-0.3, -0.25) is 0 Å². The van der Waals surface area contributed by atoms with Crippen LogP contribution in [0.5, 0.6) is 0 Å². The van der Waals surface area contributed by atoms with Gasteiger partial charge in [0.2, 0.25) is 0 Å². The first-order chi connectivity index (χ1) is 9.74. The van der Waals surface area contributed by atoms with E-state index in [1.54, 1.807) is 30.6 Å². The van der Waals surface area contributed by atoms with Crippen molar-refractivity contribution in [3.8, 4) is 0 Å². The van der Waals surface area contributed by atoms with E-state index in [1.807, 2.05) is 30.3 Å². The highest BCUT2D eigenvalue weighted by molar-refractivity contribution is 5.65. The molecule has 2 rings (SSSR count). The number of carboxylic acid groups (broad SMARTS) is 1. The summed E-state index contributed by atoms with van der Waals surface area (Å²) < 4.78 is 0. The SMILES string of the molecule is O=C(O)N[C@H](/C=C/c1ncccn1)Cc1ccccc1. The Morgan fingerprint density at radius 1 is 1.20 bits per heavy atom. The van der Waals surface area contributed by atoms with Crippen LogP contribution in [0.1, 0.15) is 11.4 Å². The van der Waals surface area contributed by atoms with Crippen LogP contribution < -0.4 is 5.32 Å². The normalized spacial score (nSPS) is 12.2. The molecular weight excluding hydrogens is 254 g/mol. The van der Waals surface area contributed by atoms with Gasteiger partial charge in [0.25, 0.3) is 0 Å². The summed E-state index contributed by atoms with van der Waals surface area (Å²) in [5.74, 6) is 0.553. The van der Waals surface area contributed by atoms with Gasteiger partial charge in [0.1, 0.15) is 0 Å². The molecule has 1 aromatic carbocycles. The first-order valence-electron chi connectivity index (χ1n) is 6.22. The topological polar surface area (TPSA) is 75.1 Å². The molecular formula is C15H15N3O2. The molecule has 5 nitrogen and oxygen atoms in total. The van der Waals surface area contributed by atoms with Gasteiger partial charge in [-0.1, -0.05) is 36.4 Å². The zero-order valence-corrected chi connectivity index (χ0v) is 10.8. The van der Waals surface area contributed by atoms with Crippen molar-refractivity contribution >= 4 is 12.2 Å². The Labute approximate surface area is 117 Å². The lowest BCUT2D eigenvalue weighted by molar-refractivity contribution is 0.192. The van der Waals surface area contributed by atoms with Crippen molar-refractivity contribution in [3.05, 3.63) is 66.3 Å². The van der Waals surface area contributed by atoms with Gasteiger partial charge in [-0.25, -0.2) is 14.8 Å². The Morgan fingerprint density at radius 2 is 1.90 bits per heavy atom. The largest absolute Gasteiger partial charge is 0.465 e. The van der Waals surface area contributed by atoms with Gasteiger partial charge < -0.3 is 10.4 Å². The Balaban J connectivity index is 2.07. The van der Waals surface area contributed by atoms with Crippen LogP contribution in [-0.2, 0) is 6.42 Å². The van der Waals surface area contributed by atoms with Crippen molar-refractivity contribution in [3.63, 3.8) is 0 Å². The van der Waals surface area contributed by atoms with Crippen LogP contribution in [0.15, 0.2) is 54.9 Å². The fraction of sp³-hybridized carbons (Fsp3) is 0.133. The Bertz CT molecular complexity index is 570. The monoisotopic (exact) mass is 269 g/mol. The second-order valence-electron chi connectivity index (χ2n) is 4.21. The third-order valence-electron chi connectivity index (χ3n) is 2.67. The second kappa shape index (κ2) is 7.04. The van der Waals surface area contributed by atoms with Crippen molar-refractivity contribution in [2.45, 2.75) is 12.5 Å². The average molecular weight is 269 g/mol. The number of benzene rings is 1. The maximum atomic E-state index is 10.8. The summed E-state index contributed by atoms with van der Waals surface area (Å²) in [4.78, 5) is 19.0. The van der Waals surface area contributed by atoms with Crippen LogP contribution in [0.25, 0.3) is 6.08 Å². The lowest BCUT2D eigenvalue weighted by Gasteiger charge is -2.12. The van der Waals surface area contributed by atoms with E-state index in [0.717, 1.165) is 5.56 Å². The van der Waals surface area contributed by atoms with Crippen LogP contribution in [0, 0.1) is 0 Å². The molecule has 0 saturated carbocycles. The molecule has 2 N–H and O–H groups in total. The highest BCUT2D eigenvalue weighted by Crippen LogP contribution is 2.05. The number of hydrogen-bond donors (Lipinski definition) is 2. The minimum atomic E-state index is -1.05. The summed E-state index contributed by atoms with van der Waals surface area (Å²) in [6.07, 6.45) is 6.29. The summed E-state index contributed by atoms with van der Waals surface area (Å²) in [7, 11) is 0. The third-order valence-corrected chi connectivity index (χ3v) is 2.67. The van der Waals surface area contributed by atoms with Gasteiger partial charge in [0.05, 0.1) is 6.04 Å². The molecule has 0 spiro atoms. The van der Waals surface area contributed by atoms with Crippen molar-refractivity contribution in [2.75, 3.05) is 0 Å². The van der Waals surface area contributed by atoms with Gasteiger partial charge in [-0.2, -0.15) is 0 Å². The van der Waals surface area contributed by atoms with Crippen molar-refractivity contribution in [2.24, 2.45) is 0 Å². The number of rotatable bonds is 5. The molecule has 1 atom stereocenters. The smallest absolute Gasteiger partial charge is 0.405 e. The van der Waals surface area contributed by atoms with E-state index in [4.69, 9.17) is 5.11 Å². The highest BCUT2D eigenvalue weighted by Gasteiger charge is 2.08. The first-order valence-corrected chi connectivity index (χ1v) is 6.22. The van der Waals surface area contributed by atoms with Crippen LogP contribution in [0.4, 0.5) is 4.79 Å². The molecule has 1 amide bonds. The number of nitrogens with one attached hydrogen (secondary N) is 1. The molecule has 0 radical (unpaired) electrons. The predicted molar refractivity (Wildman–Crippen MR) is 76.2 cm³/mol. The van der Waals surface area contributed by atoms with Gasteiger partial charge in [0.15, 0.2) is 5.82 Å². The maximum absolute atomic E-state index is 10.8. The van der Waals surface area contributed by atoms with Gasteiger partial charge in [-0.15, -0.1) is 0 Å². The molecule has 0 unspecified atom stereocenters. The molecule has 5 heteroatoms. The first kappa shape index (κ1) is 13.7. The van der Waals surface area contributed by atoms with Gasteiger partial charge in [0, 0.05) is 12.4 Å². The summed E-state index contributed by atoms with van der Waals surface area (Å²) in [5, 5.41) is 11.4. The van der Waals surface area contributed by atoms with Crippen LogP contribution >= 0.6 is 0 Å². The summed E-state index contributed by atoms with van der Waals surface area (Å²) in [6.45, 7) is 0. The molecule has 0 aliphatic rings. The van der Waals surface area contributed by atoms with Crippen LogP contribution in [0.3, 0.4) is 0 Å². The summed E-state index contributed by atoms with van der Waals surface area (Å²) >= 11 is 0. The van der Waals surface area contributed by atoms with E-state index in [0.29, 0.717) is 12.2 Å². The molecule has 0 bridgehead atoms. The van der Waals surface area contributed by atoms with E-state index < -0.39 is 6.09 Å². The van der Waals surface area contributed by atoms with E-state index in [1.165, 1.54) is 0 Å². The summed E-state index contributed by atoms with van der Waals surface area (Å²) in [5.41, 5.74) is 1.06. The fourth-order valence-electron chi connectivity index (χ4n) is 1.79. The Kier molecular flexibility index (Phi) is 4.83. The zero-order valence-electron chi connectivity index (χ0n) is 10.8. The van der Waals surface area contributed by atoms with E-state index in [9.17, 15) is 4.79 Å². The molecule has 0 fully saturated rings. The number of carbonyl (C=O) groups is 1. The zero-order chi connectivity index (χ0) is 14.2. The van der Waals surface area contributed by atoms with E-state index in [2.05, 4.69) is 15.3 Å².